The Bertz CT molecular complexity index is 1010. The molecule has 3 aromatic rings. The second-order valence-corrected chi connectivity index (χ2v) is 7.76. The van der Waals surface area contributed by atoms with Crippen LogP contribution in [0.1, 0.15) is 9.67 Å². The Morgan fingerprint density at radius 2 is 1.87 bits per heavy atom. The Balaban J connectivity index is 1.94. The van der Waals surface area contributed by atoms with Crippen LogP contribution in [0.5, 0.6) is 0 Å². The molecule has 8 heteroatoms. The van der Waals surface area contributed by atoms with Gasteiger partial charge in [-0.05, 0) is 24.3 Å². The molecule has 3 N–H and O–H groups in total. The van der Waals surface area contributed by atoms with Crippen molar-refractivity contribution in [1.82, 2.24) is 0 Å². The van der Waals surface area contributed by atoms with Crippen LogP contribution >= 0.6 is 22.9 Å². The fraction of sp³-hybridized carbons (Fsp3) is 0. The van der Waals surface area contributed by atoms with Crippen molar-refractivity contribution in [2.24, 2.45) is 5.14 Å². The highest BCUT2D eigenvalue weighted by molar-refractivity contribution is 7.89. The number of sulfonamides is 1. The number of nitrogens with one attached hydrogen (secondary N) is 1. The number of benzene rings is 2. The maximum atomic E-state index is 12.4. The topological polar surface area (TPSA) is 89.3 Å². The predicted octanol–water partition coefficient (Wildman–Crippen LogP) is 3.45. The molecule has 0 atom stereocenters. The highest BCUT2D eigenvalue weighted by Crippen LogP contribution is 2.35. The summed E-state index contributed by atoms with van der Waals surface area (Å²) in [5.74, 6) is -0.400. The first-order valence-corrected chi connectivity index (χ1v) is 9.21. The van der Waals surface area contributed by atoms with E-state index in [2.05, 4.69) is 5.32 Å². The molecule has 1 amide bonds. The van der Waals surface area contributed by atoms with E-state index in [9.17, 15) is 13.2 Å². The third-order valence-corrected chi connectivity index (χ3v) is 5.75. The van der Waals surface area contributed by atoms with Crippen molar-refractivity contribution in [3.63, 3.8) is 0 Å². The summed E-state index contributed by atoms with van der Waals surface area (Å²) in [5.41, 5.74) is 0.329. The third kappa shape index (κ3) is 3.23. The summed E-state index contributed by atoms with van der Waals surface area (Å²) in [6.45, 7) is 0. The first-order valence-electron chi connectivity index (χ1n) is 6.47. The molecule has 118 valence electrons. The maximum absolute atomic E-state index is 12.4. The molecule has 0 unspecified atom stereocenters. The molecule has 0 aliphatic carbocycles. The Morgan fingerprint density at radius 1 is 1.13 bits per heavy atom. The van der Waals surface area contributed by atoms with Crippen LogP contribution in [0.25, 0.3) is 10.1 Å². The molecule has 23 heavy (non-hydrogen) atoms. The summed E-state index contributed by atoms with van der Waals surface area (Å²) in [7, 11) is -3.83. The first-order chi connectivity index (χ1) is 10.9. The molecule has 0 aliphatic heterocycles. The molecular formula is C15H11ClN2O3S2. The lowest BCUT2D eigenvalue weighted by Crippen LogP contribution is -2.14. The SMILES string of the molecule is NS(=O)(=O)c1cccc(NC(=O)c2sc3ccccc3c2Cl)c1. The molecule has 5 nitrogen and oxygen atoms in total. The second-order valence-electron chi connectivity index (χ2n) is 4.77. The van der Waals surface area contributed by atoms with Crippen molar-refractivity contribution in [2.75, 3.05) is 5.32 Å². The number of halogens is 1. The van der Waals surface area contributed by atoms with E-state index in [0.29, 0.717) is 15.6 Å². The van der Waals surface area contributed by atoms with E-state index < -0.39 is 15.9 Å². The molecule has 3 rings (SSSR count). The van der Waals surface area contributed by atoms with Gasteiger partial charge < -0.3 is 5.32 Å². The van der Waals surface area contributed by atoms with Gasteiger partial charge in [0.05, 0.1) is 9.92 Å². The number of thiophene rings is 1. The number of amides is 1. The van der Waals surface area contributed by atoms with Gasteiger partial charge in [-0.2, -0.15) is 0 Å². The van der Waals surface area contributed by atoms with E-state index in [1.807, 2.05) is 24.3 Å². The molecular weight excluding hydrogens is 356 g/mol. The monoisotopic (exact) mass is 366 g/mol. The molecule has 1 aromatic heterocycles. The van der Waals surface area contributed by atoms with Gasteiger partial charge in [-0.1, -0.05) is 35.9 Å². The van der Waals surface area contributed by atoms with Crippen LogP contribution in [0.15, 0.2) is 53.4 Å². The van der Waals surface area contributed by atoms with Crippen LogP contribution in [-0.2, 0) is 10.0 Å². The molecule has 0 aliphatic rings. The van der Waals surface area contributed by atoms with Gasteiger partial charge in [-0.25, -0.2) is 13.6 Å². The number of anilines is 1. The lowest BCUT2D eigenvalue weighted by Gasteiger charge is -2.05. The summed E-state index contributed by atoms with van der Waals surface area (Å²) in [4.78, 5) is 12.7. The number of primary sulfonamides is 1. The zero-order valence-electron chi connectivity index (χ0n) is 11.6. The van der Waals surface area contributed by atoms with E-state index in [1.54, 1.807) is 6.07 Å². The number of nitrogens with two attached hydrogens (primary N) is 1. The number of carbonyl (C=O) groups excluding carboxylic acids is 1. The van der Waals surface area contributed by atoms with Gasteiger partial charge >= 0.3 is 0 Å². The van der Waals surface area contributed by atoms with E-state index in [4.69, 9.17) is 16.7 Å². The Labute approximate surface area is 141 Å². The molecule has 0 fully saturated rings. The van der Waals surface area contributed by atoms with Crippen LogP contribution in [-0.4, -0.2) is 14.3 Å². The van der Waals surface area contributed by atoms with E-state index in [-0.39, 0.29) is 4.90 Å². The summed E-state index contributed by atoms with van der Waals surface area (Å²) in [6, 6.07) is 13.2. The van der Waals surface area contributed by atoms with Gasteiger partial charge in [0.15, 0.2) is 0 Å². The number of hydrogen-bond donors (Lipinski definition) is 2. The highest BCUT2D eigenvalue weighted by atomic mass is 35.5. The average molecular weight is 367 g/mol. The lowest BCUT2D eigenvalue weighted by atomic mass is 10.2. The smallest absolute Gasteiger partial charge is 0.267 e. The third-order valence-electron chi connectivity index (χ3n) is 3.16. The number of rotatable bonds is 3. The maximum Gasteiger partial charge on any atom is 0.267 e. The summed E-state index contributed by atoms with van der Waals surface area (Å²) in [6.07, 6.45) is 0. The van der Waals surface area contributed by atoms with Crippen molar-refractivity contribution in [3.05, 3.63) is 58.4 Å². The minimum atomic E-state index is -3.83. The summed E-state index contributed by atoms with van der Waals surface area (Å²) in [5, 5.41) is 8.91. The number of fused-ring (bicyclic) bond motifs is 1. The summed E-state index contributed by atoms with van der Waals surface area (Å²) >= 11 is 7.53. The largest absolute Gasteiger partial charge is 0.321 e. The molecule has 1 heterocycles. The van der Waals surface area contributed by atoms with Gasteiger partial charge in [0.2, 0.25) is 10.0 Å². The van der Waals surface area contributed by atoms with Gasteiger partial charge in [0, 0.05) is 15.8 Å². The highest BCUT2D eigenvalue weighted by Gasteiger charge is 2.17. The summed E-state index contributed by atoms with van der Waals surface area (Å²) < 4.78 is 23.6. The van der Waals surface area contributed by atoms with Crippen molar-refractivity contribution >= 4 is 54.6 Å². The minimum absolute atomic E-state index is 0.0715. The van der Waals surface area contributed by atoms with Gasteiger partial charge in [-0.3, -0.25) is 4.79 Å². The molecule has 0 bridgehead atoms. The fourth-order valence-corrected chi connectivity index (χ4v) is 4.07. The Morgan fingerprint density at radius 3 is 2.57 bits per heavy atom. The molecule has 0 spiro atoms. The first kappa shape index (κ1) is 15.9. The van der Waals surface area contributed by atoms with Gasteiger partial charge in [-0.15, -0.1) is 11.3 Å². The van der Waals surface area contributed by atoms with Crippen LogP contribution in [0.2, 0.25) is 5.02 Å². The van der Waals surface area contributed by atoms with Crippen molar-refractivity contribution < 1.29 is 13.2 Å². The minimum Gasteiger partial charge on any atom is -0.321 e. The van der Waals surface area contributed by atoms with Gasteiger partial charge in [0.25, 0.3) is 5.91 Å². The van der Waals surface area contributed by atoms with E-state index in [1.165, 1.54) is 29.5 Å². The van der Waals surface area contributed by atoms with E-state index in [0.717, 1.165) is 10.1 Å². The average Bonchev–Trinajstić information content (AvgIpc) is 2.84. The molecule has 2 aromatic carbocycles. The standard InChI is InChI=1S/C15H11ClN2O3S2/c16-13-11-6-1-2-7-12(11)22-14(13)15(19)18-9-4-3-5-10(8-9)23(17,20)21/h1-8H,(H,18,19)(H2,17,20,21). The normalized spacial score (nSPS) is 11.6. The molecule has 0 saturated heterocycles. The molecule has 0 saturated carbocycles. The fourth-order valence-electron chi connectivity index (χ4n) is 2.10. The van der Waals surface area contributed by atoms with Crippen molar-refractivity contribution in [2.45, 2.75) is 4.90 Å². The Hall–Kier alpha value is -1.93. The van der Waals surface area contributed by atoms with Crippen molar-refractivity contribution in [3.8, 4) is 0 Å². The predicted molar refractivity (Wildman–Crippen MR) is 92.6 cm³/mol. The van der Waals surface area contributed by atoms with E-state index >= 15 is 0 Å². The second kappa shape index (κ2) is 5.93. The van der Waals surface area contributed by atoms with Crippen LogP contribution < -0.4 is 10.5 Å². The van der Waals surface area contributed by atoms with Crippen molar-refractivity contribution in [1.29, 1.82) is 0 Å². The van der Waals surface area contributed by atoms with Gasteiger partial charge in [0.1, 0.15) is 4.88 Å². The van der Waals surface area contributed by atoms with Crippen LogP contribution in [0, 0.1) is 0 Å². The number of hydrogen-bond acceptors (Lipinski definition) is 4. The van der Waals surface area contributed by atoms with Crippen LogP contribution in [0.4, 0.5) is 5.69 Å². The van der Waals surface area contributed by atoms with Crippen LogP contribution in [0.3, 0.4) is 0 Å². The Kier molecular flexibility index (Phi) is 4.11. The zero-order valence-corrected chi connectivity index (χ0v) is 14.0. The zero-order chi connectivity index (χ0) is 16.6. The quantitative estimate of drug-likeness (QED) is 0.743. The number of carbonyl (C=O) groups is 1. The lowest BCUT2D eigenvalue weighted by molar-refractivity contribution is 0.103. The molecule has 0 radical (unpaired) electrons.